The molecule has 0 unspecified atom stereocenters. The Hall–Kier alpha value is -2.39. The van der Waals surface area contributed by atoms with Crippen LogP contribution >= 0.6 is 27.5 Å². The Kier molecular flexibility index (Phi) is 5.96. The molecule has 10 heteroatoms. The largest absolute Gasteiger partial charge is 0.443 e. The quantitative estimate of drug-likeness (QED) is 0.382. The molecule has 2 amide bonds. The van der Waals surface area contributed by atoms with Gasteiger partial charge in [-0.3, -0.25) is 4.40 Å². The minimum atomic E-state index is -0.903. The number of carbonyl (C=O) groups is 2. The lowest BCUT2D eigenvalue weighted by molar-refractivity contribution is 0.0429. The number of amides is 2. The van der Waals surface area contributed by atoms with E-state index in [0.29, 0.717) is 31.7 Å². The van der Waals surface area contributed by atoms with Gasteiger partial charge in [-0.2, -0.15) is 4.90 Å². The van der Waals surface area contributed by atoms with Crippen LogP contribution in [0.1, 0.15) is 47.2 Å². The number of imide groups is 1. The van der Waals surface area contributed by atoms with Crippen LogP contribution in [-0.2, 0) is 9.47 Å². The van der Waals surface area contributed by atoms with E-state index in [1.54, 1.807) is 71.3 Å². The van der Waals surface area contributed by atoms with Gasteiger partial charge in [-0.05, 0) is 76.5 Å². The van der Waals surface area contributed by atoms with Crippen molar-refractivity contribution < 1.29 is 19.1 Å². The van der Waals surface area contributed by atoms with Crippen molar-refractivity contribution in [2.24, 2.45) is 0 Å². The Bertz CT molecular complexity index is 1170. The minimum Gasteiger partial charge on any atom is -0.443 e. The molecular formula is C21H24BrClN4O4. The summed E-state index contributed by atoms with van der Waals surface area (Å²) in [6.45, 7) is 12.0. The molecular weight excluding hydrogens is 488 g/mol. The number of hydrogen-bond donors (Lipinski definition) is 0. The molecule has 3 rings (SSSR count). The van der Waals surface area contributed by atoms with Gasteiger partial charge in [0, 0.05) is 4.47 Å². The molecule has 0 spiro atoms. The van der Waals surface area contributed by atoms with E-state index in [2.05, 4.69) is 25.9 Å². The fourth-order valence-corrected chi connectivity index (χ4v) is 3.37. The minimum absolute atomic E-state index is 0.0457. The predicted molar refractivity (Wildman–Crippen MR) is 123 cm³/mol. The van der Waals surface area contributed by atoms with Gasteiger partial charge in [0.05, 0.1) is 21.7 Å². The third-order valence-corrected chi connectivity index (χ3v) is 5.23. The van der Waals surface area contributed by atoms with E-state index in [1.165, 1.54) is 0 Å². The highest BCUT2D eigenvalue weighted by Gasteiger charge is 2.36. The van der Waals surface area contributed by atoms with Crippen molar-refractivity contribution in [1.82, 2.24) is 14.4 Å². The number of anilines is 1. The van der Waals surface area contributed by atoms with Gasteiger partial charge in [-0.25, -0.2) is 19.6 Å². The molecule has 166 valence electrons. The molecule has 3 aromatic rings. The molecule has 2 heterocycles. The van der Waals surface area contributed by atoms with Crippen LogP contribution in [0.3, 0.4) is 0 Å². The summed E-state index contributed by atoms with van der Waals surface area (Å²) in [7, 11) is 0. The number of fused-ring (bicyclic) bond motifs is 3. The van der Waals surface area contributed by atoms with Crippen molar-refractivity contribution in [2.45, 2.75) is 59.7 Å². The predicted octanol–water partition coefficient (Wildman–Crippen LogP) is 6.28. The average molecular weight is 512 g/mol. The van der Waals surface area contributed by atoms with Gasteiger partial charge < -0.3 is 9.47 Å². The highest BCUT2D eigenvalue weighted by Crippen LogP contribution is 2.33. The van der Waals surface area contributed by atoms with Gasteiger partial charge in [0.25, 0.3) is 0 Å². The van der Waals surface area contributed by atoms with Crippen molar-refractivity contribution in [1.29, 1.82) is 0 Å². The summed E-state index contributed by atoms with van der Waals surface area (Å²) >= 11 is 9.68. The first kappa shape index (κ1) is 23.3. The van der Waals surface area contributed by atoms with E-state index in [9.17, 15) is 9.59 Å². The molecule has 0 radical (unpaired) electrons. The van der Waals surface area contributed by atoms with Crippen LogP contribution in [0.2, 0.25) is 5.02 Å². The van der Waals surface area contributed by atoms with Gasteiger partial charge in [-0.1, -0.05) is 11.6 Å². The Balaban J connectivity index is 2.31. The van der Waals surface area contributed by atoms with E-state index in [-0.39, 0.29) is 5.82 Å². The van der Waals surface area contributed by atoms with Crippen molar-refractivity contribution in [3.8, 4) is 0 Å². The highest BCUT2D eigenvalue weighted by atomic mass is 79.9. The maximum atomic E-state index is 13.1. The molecule has 0 saturated heterocycles. The second-order valence-corrected chi connectivity index (χ2v) is 10.3. The number of benzene rings is 1. The first-order valence-electron chi connectivity index (χ1n) is 9.56. The van der Waals surface area contributed by atoms with Crippen LogP contribution in [0, 0.1) is 6.92 Å². The van der Waals surface area contributed by atoms with Gasteiger partial charge >= 0.3 is 12.2 Å². The van der Waals surface area contributed by atoms with Gasteiger partial charge in [0.1, 0.15) is 23.0 Å². The second-order valence-electron chi connectivity index (χ2n) is 9.04. The zero-order valence-corrected chi connectivity index (χ0v) is 20.8. The SMILES string of the molecule is Cc1ncn2c1c(N(C(=O)OC(C)(C)C)C(=O)OC(C)(C)C)nc1cc(Cl)c(Br)cc12. The smallest absolute Gasteiger partial charge is 0.425 e. The third kappa shape index (κ3) is 4.93. The Labute approximate surface area is 193 Å². The fraction of sp³-hybridized carbons (Fsp3) is 0.429. The van der Waals surface area contributed by atoms with Gasteiger partial charge in [0.2, 0.25) is 0 Å². The summed E-state index contributed by atoms with van der Waals surface area (Å²) in [4.78, 5) is 36.0. The van der Waals surface area contributed by atoms with Crippen molar-refractivity contribution in [2.75, 3.05) is 4.90 Å². The molecule has 0 aliphatic rings. The second kappa shape index (κ2) is 7.94. The molecule has 0 aliphatic heterocycles. The maximum Gasteiger partial charge on any atom is 0.425 e. The summed E-state index contributed by atoms with van der Waals surface area (Å²) in [5.74, 6) is 0.0457. The van der Waals surface area contributed by atoms with Crippen molar-refractivity contribution in [3.63, 3.8) is 0 Å². The van der Waals surface area contributed by atoms with E-state index in [4.69, 9.17) is 21.1 Å². The molecule has 2 aromatic heterocycles. The monoisotopic (exact) mass is 510 g/mol. The zero-order chi connectivity index (χ0) is 23.3. The van der Waals surface area contributed by atoms with Gasteiger partial charge in [0.15, 0.2) is 5.82 Å². The Morgan fingerprint density at radius 3 is 2.13 bits per heavy atom. The van der Waals surface area contributed by atoms with Crippen LogP contribution in [0.25, 0.3) is 16.6 Å². The summed E-state index contributed by atoms with van der Waals surface area (Å²) in [6, 6.07) is 3.44. The molecule has 0 saturated carbocycles. The Morgan fingerprint density at radius 1 is 1.06 bits per heavy atom. The summed E-state index contributed by atoms with van der Waals surface area (Å²) in [6.07, 6.45) is -0.209. The topological polar surface area (TPSA) is 86.0 Å². The lowest BCUT2D eigenvalue weighted by Crippen LogP contribution is -2.44. The first-order chi connectivity index (χ1) is 14.2. The standard InChI is InChI=1S/C21H24BrClN4O4/c1-11-16-17(25-14-9-13(23)12(22)8-15(14)26(16)10-24-11)27(18(28)30-20(2,3)4)19(29)31-21(5,6)7/h8-10H,1-7H3. The van der Waals surface area contributed by atoms with Crippen LogP contribution in [-0.4, -0.2) is 37.8 Å². The summed E-state index contributed by atoms with van der Waals surface area (Å²) in [5.41, 5.74) is 0.530. The van der Waals surface area contributed by atoms with Gasteiger partial charge in [-0.15, -0.1) is 0 Å². The number of hydrogen-bond acceptors (Lipinski definition) is 6. The molecule has 1 aromatic carbocycles. The van der Waals surface area contributed by atoms with Crippen LogP contribution < -0.4 is 4.90 Å². The third-order valence-electron chi connectivity index (χ3n) is 4.03. The lowest BCUT2D eigenvalue weighted by atomic mass is 10.2. The van der Waals surface area contributed by atoms with Crippen molar-refractivity contribution >= 4 is 62.1 Å². The molecule has 0 N–H and O–H groups in total. The summed E-state index contributed by atoms with van der Waals surface area (Å²) in [5, 5.41) is 0.434. The molecule has 0 atom stereocenters. The Morgan fingerprint density at radius 2 is 1.61 bits per heavy atom. The molecule has 31 heavy (non-hydrogen) atoms. The number of aryl methyl sites for hydroxylation is 1. The number of imidazole rings is 1. The molecule has 0 bridgehead atoms. The molecule has 8 nitrogen and oxygen atoms in total. The van der Waals surface area contributed by atoms with E-state index < -0.39 is 23.4 Å². The number of carbonyl (C=O) groups excluding carboxylic acids is 2. The average Bonchev–Trinajstić information content (AvgIpc) is 2.95. The lowest BCUT2D eigenvalue weighted by Gasteiger charge is -2.28. The maximum absolute atomic E-state index is 13.1. The van der Waals surface area contributed by atoms with Crippen LogP contribution in [0.5, 0.6) is 0 Å². The highest BCUT2D eigenvalue weighted by molar-refractivity contribution is 9.10. The summed E-state index contributed by atoms with van der Waals surface area (Å²) < 4.78 is 13.4. The van der Waals surface area contributed by atoms with E-state index in [1.807, 2.05) is 0 Å². The number of ether oxygens (including phenoxy) is 2. The van der Waals surface area contributed by atoms with E-state index in [0.717, 1.165) is 4.90 Å². The van der Waals surface area contributed by atoms with Crippen LogP contribution in [0.4, 0.5) is 15.4 Å². The fourth-order valence-electron chi connectivity index (χ4n) is 2.88. The molecule has 0 aliphatic carbocycles. The number of rotatable bonds is 1. The zero-order valence-electron chi connectivity index (χ0n) is 18.4. The van der Waals surface area contributed by atoms with E-state index >= 15 is 0 Å². The van der Waals surface area contributed by atoms with Crippen molar-refractivity contribution in [3.05, 3.63) is 33.6 Å². The number of nitrogens with zero attached hydrogens (tertiary/aromatic N) is 4. The van der Waals surface area contributed by atoms with Crippen LogP contribution in [0.15, 0.2) is 22.9 Å². The first-order valence-corrected chi connectivity index (χ1v) is 10.7. The molecule has 0 fully saturated rings. The normalized spacial score (nSPS) is 12.3. The number of halogens is 2. The number of aromatic nitrogens is 3.